The number of aliphatic carboxylic acids is 1. The minimum absolute atomic E-state index is 0.0533. The van der Waals surface area contributed by atoms with Crippen molar-refractivity contribution in [1.82, 2.24) is 15.5 Å². The highest BCUT2D eigenvalue weighted by atomic mass is 16.4. The first kappa shape index (κ1) is 19.3. The summed E-state index contributed by atoms with van der Waals surface area (Å²) in [5, 5.41) is 14.3. The third kappa shape index (κ3) is 7.34. The number of carbonyl (C=O) groups is 3. The van der Waals surface area contributed by atoms with Gasteiger partial charge in [-0.2, -0.15) is 0 Å². The van der Waals surface area contributed by atoms with Crippen molar-refractivity contribution in [2.45, 2.75) is 70.9 Å². The molecule has 1 rings (SSSR count). The molecule has 1 aliphatic rings. The summed E-state index contributed by atoms with van der Waals surface area (Å²) in [5.74, 6) is -0.855. The second-order valence-corrected chi connectivity index (χ2v) is 6.30. The highest BCUT2D eigenvalue weighted by molar-refractivity contribution is 5.87. The van der Waals surface area contributed by atoms with Gasteiger partial charge in [0.05, 0.1) is 0 Å². The van der Waals surface area contributed by atoms with Crippen molar-refractivity contribution in [2.24, 2.45) is 0 Å². The molecule has 1 aliphatic heterocycles. The molecule has 0 saturated carbocycles. The summed E-state index contributed by atoms with van der Waals surface area (Å²) in [5.41, 5.74) is 0. The van der Waals surface area contributed by atoms with E-state index < -0.39 is 5.97 Å². The van der Waals surface area contributed by atoms with Crippen LogP contribution >= 0.6 is 0 Å². The molecule has 7 heteroatoms. The van der Waals surface area contributed by atoms with Crippen LogP contribution in [0.15, 0.2) is 0 Å². The van der Waals surface area contributed by atoms with Gasteiger partial charge in [0, 0.05) is 25.6 Å². The van der Waals surface area contributed by atoms with E-state index in [1.54, 1.807) is 4.90 Å². The molecule has 0 radical (unpaired) electrons. The molecule has 0 aliphatic carbocycles. The maximum absolute atomic E-state index is 12.2. The number of hydrogen-bond donors (Lipinski definition) is 3. The molecule has 0 bridgehead atoms. The van der Waals surface area contributed by atoms with Crippen LogP contribution in [0.4, 0.5) is 4.79 Å². The fraction of sp³-hybridized carbons (Fsp3) is 0.812. The van der Waals surface area contributed by atoms with E-state index >= 15 is 0 Å². The Bertz CT molecular complexity index is 412. The Balaban J connectivity index is 2.23. The summed E-state index contributed by atoms with van der Waals surface area (Å²) in [7, 11) is 0. The lowest BCUT2D eigenvalue weighted by Crippen LogP contribution is -2.50. The van der Waals surface area contributed by atoms with Crippen LogP contribution in [0.25, 0.3) is 0 Å². The normalized spacial score (nSPS) is 17.3. The van der Waals surface area contributed by atoms with Crippen molar-refractivity contribution >= 4 is 17.9 Å². The molecule has 23 heavy (non-hydrogen) atoms. The number of rotatable bonds is 9. The number of nitrogens with zero attached hydrogens (tertiary/aromatic N) is 1. The van der Waals surface area contributed by atoms with E-state index in [-0.39, 0.29) is 30.4 Å². The smallest absolute Gasteiger partial charge is 0.318 e. The van der Waals surface area contributed by atoms with E-state index in [2.05, 4.69) is 10.6 Å². The second kappa shape index (κ2) is 10.1. The van der Waals surface area contributed by atoms with Crippen LogP contribution in [0.3, 0.4) is 0 Å². The zero-order chi connectivity index (χ0) is 17.2. The van der Waals surface area contributed by atoms with E-state index in [9.17, 15) is 14.4 Å². The van der Waals surface area contributed by atoms with E-state index in [0.717, 1.165) is 25.7 Å². The Morgan fingerprint density at radius 3 is 2.52 bits per heavy atom. The van der Waals surface area contributed by atoms with Crippen LogP contribution in [-0.2, 0) is 9.59 Å². The van der Waals surface area contributed by atoms with Gasteiger partial charge in [0.15, 0.2) is 0 Å². The highest BCUT2D eigenvalue weighted by Crippen LogP contribution is 2.17. The number of hydrogen-bond acceptors (Lipinski definition) is 3. The molecule has 7 nitrogen and oxygen atoms in total. The fourth-order valence-electron chi connectivity index (χ4n) is 2.70. The molecule has 0 aromatic rings. The molecule has 0 spiro atoms. The third-order valence-corrected chi connectivity index (χ3v) is 3.85. The van der Waals surface area contributed by atoms with E-state index in [0.29, 0.717) is 25.9 Å². The molecule has 0 aromatic heterocycles. The topological polar surface area (TPSA) is 98.7 Å². The Morgan fingerprint density at radius 2 is 1.87 bits per heavy atom. The summed E-state index contributed by atoms with van der Waals surface area (Å²) < 4.78 is 0. The quantitative estimate of drug-likeness (QED) is 0.562. The molecular weight excluding hydrogens is 298 g/mol. The monoisotopic (exact) mass is 327 g/mol. The van der Waals surface area contributed by atoms with Crippen LogP contribution in [0.1, 0.15) is 58.8 Å². The lowest BCUT2D eigenvalue weighted by Gasteiger charge is -2.25. The van der Waals surface area contributed by atoms with Gasteiger partial charge in [-0.05, 0) is 39.5 Å². The number of nitrogens with one attached hydrogen (secondary N) is 2. The number of carboxylic acid groups (broad SMARTS) is 1. The number of urea groups is 1. The first-order valence-corrected chi connectivity index (χ1v) is 8.48. The molecule has 0 unspecified atom stereocenters. The summed E-state index contributed by atoms with van der Waals surface area (Å²) in [6, 6.07) is -0.496. The van der Waals surface area contributed by atoms with Gasteiger partial charge in [-0.3, -0.25) is 9.59 Å². The third-order valence-electron chi connectivity index (χ3n) is 3.85. The molecule has 132 valence electrons. The fourth-order valence-corrected chi connectivity index (χ4v) is 2.70. The molecule has 3 N–H and O–H groups in total. The lowest BCUT2D eigenvalue weighted by atomic mass is 10.1. The summed E-state index contributed by atoms with van der Waals surface area (Å²) in [4.78, 5) is 36.3. The zero-order valence-electron chi connectivity index (χ0n) is 14.1. The largest absolute Gasteiger partial charge is 0.481 e. The van der Waals surface area contributed by atoms with Crippen LogP contribution in [0.5, 0.6) is 0 Å². The average Bonchev–Trinajstić information content (AvgIpc) is 2.94. The second-order valence-electron chi connectivity index (χ2n) is 6.30. The number of unbranched alkanes of at least 4 members (excludes halogenated alkanes) is 3. The Labute approximate surface area is 137 Å². The molecular formula is C16H29N3O4. The minimum Gasteiger partial charge on any atom is -0.481 e. The maximum atomic E-state index is 12.2. The molecule has 0 aromatic carbocycles. The Hall–Kier alpha value is -1.79. The number of carbonyl (C=O) groups excluding carboxylic acids is 2. The molecule has 1 heterocycles. The van der Waals surface area contributed by atoms with Crippen molar-refractivity contribution in [1.29, 1.82) is 0 Å². The Kier molecular flexibility index (Phi) is 8.43. The van der Waals surface area contributed by atoms with Crippen molar-refractivity contribution in [3.63, 3.8) is 0 Å². The van der Waals surface area contributed by atoms with Crippen LogP contribution in [0.2, 0.25) is 0 Å². The zero-order valence-corrected chi connectivity index (χ0v) is 14.1. The van der Waals surface area contributed by atoms with Crippen LogP contribution in [-0.4, -0.2) is 53.1 Å². The molecule has 3 amide bonds. The lowest BCUT2D eigenvalue weighted by molar-refractivity contribution is -0.137. The SMILES string of the molecule is CC(C)NC(=O)N1CCC[C@H]1C(=O)NCCCCCCC(=O)O. The summed E-state index contributed by atoms with van der Waals surface area (Å²) in [6.07, 6.45) is 5.01. The van der Waals surface area contributed by atoms with Gasteiger partial charge in [-0.1, -0.05) is 12.8 Å². The predicted molar refractivity (Wildman–Crippen MR) is 87.1 cm³/mol. The van der Waals surface area contributed by atoms with Gasteiger partial charge in [0.2, 0.25) is 5.91 Å². The van der Waals surface area contributed by atoms with Crippen molar-refractivity contribution < 1.29 is 19.5 Å². The van der Waals surface area contributed by atoms with E-state index in [1.807, 2.05) is 13.8 Å². The number of amides is 3. The molecule has 1 atom stereocenters. The number of carboxylic acids is 1. The summed E-state index contributed by atoms with van der Waals surface area (Å²) in [6.45, 7) is 4.98. The first-order chi connectivity index (χ1) is 10.9. The van der Waals surface area contributed by atoms with Gasteiger partial charge in [-0.25, -0.2) is 4.79 Å². The molecule has 1 fully saturated rings. The van der Waals surface area contributed by atoms with Crippen molar-refractivity contribution in [2.75, 3.05) is 13.1 Å². The minimum atomic E-state index is -0.765. The Morgan fingerprint density at radius 1 is 1.17 bits per heavy atom. The van der Waals surface area contributed by atoms with E-state index in [1.165, 1.54) is 0 Å². The standard InChI is InChI=1S/C16H29N3O4/c1-12(2)18-16(23)19-11-7-8-13(19)15(22)17-10-6-4-3-5-9-14(20)21/h12-13H,3-11H2,1-2H3,(H,17,22)(H,18,23)(H,20,21)/t13-/m0/s1. The number of likely N-dealkylation sites (tertiary alicyclic amines) is 1. The van der Waals surface area contributed by atoms with Crippen molar-refractivity contribution in [3.05, 3.63) is 0 Å². The van der Waals surface area contributed by atoms with Gasteiger partial charge in [0.1, 0.15) is 6.04 Å². The van der Waals surface area contributed by atoms with Gasteiger partial charge >= 0.3 is 12.0 Å². The van der Waals surface area contributed by atoms with Crippen LogP contribution < -0.4 is 10.6 Å². The average molecular weight is 327 g/mol. The van der Waals surface area contributed by atoms with Gasteiger partial charge < -0.3 is 20.6 Å². The van der Waals surface area contributed by atoms with Gasteiger partial charge in [-0.15, -0.1) is 0 Å². The predicted octanol–water partition coefficient (Wildman–Crippen LogP) is 1.72. The van der Waals surface area contributed by atoms with Crippen molar-refractivity contribution in [3.8, 4) is 0 Å². The van der Waals surface area contributed by atoms with Crippen LogP contribution in [0, 0.1) is 0 Å². The first-order valence-electron chi connectivity index (χ1n) is 8.48. The van der Waals surface area contributed by atoms with Gasteiger partial charge in [0.25, 0.3) is 0 Å². The summed E-state index contributed by atoms with van der Waals surface area (Å²) >= 11 is 0. The maximum Gasteiger partial charge on any atom is 0.318 e. The molecule has 1 saturated heterocycles. The highest BCUT2D eigenvalue weighted by Gasteiger charge is 2.33. The van der Waals surface area contributed by atoms with E-state index in [4.69, 9.17) is 5.11 Å².